The maximum absolute atomic E-state index is 5.25. The van der Waals surface area contributed by atoms with E-state index in [1.165, 1.54) is 21.3 Å². The number of hydrogen-bond donors (Lipinski definition) is 0. The second-order valence-corrected chi connectivity index (χ2v) is 7.44. The predicted molar refractivity (Wildman–Crippen MR) is 73.9 cm³/mol. The summed E-state index contributed by atoms with van der Waals surface area (Å²) >= 11 is 6.02. The molecule has 0 N–H and O–H groups in total. The zero-order chi connectivity index (χ0) is 10.8. The molecule has 2 aliphatic heterocycles. The monoisotopic (exact) mass is 270 g/mol. The molecule has 0 aromatic heterocycles. The van der Waals surface area contributed by atoms with E-state index >= 15 is 0 Å². The summed E-state index contributed by atoms with van der Waals surface area (Å²) in [6, 6.07) is 8.75. The standard InChI is InChI=1S/C12H14OS3/c1-2-4-12(16-8-10-7-14-10)11(3-1)15-6-9-5-13-9/h1-4,9-10H,5-8H2. The minimum absolute atomic E-state index is 0.516. The van der Waals surface area contributed by atoms with Crippen molar-refractivity contribution in [3.05, 3.63) is 24.3 Å². The van der Waals surface area contributed by atoms with Crippen LogP contribution in [0, 0.1) is 0 Å². The Hall–Kier alpha value is 0.230. The Morgan fingerprint density at radius 1 is 1.19 bits per heavy atom. The molecule has 1 nitrogen and oxygen atoms in total. The summed E-state index contributed by atoms with van der Waals surface area (Å²) in [7, 11) is 0. The van der Waals surface area contributed by atoms with Gasteiger partial charge in [-0.25, -0.2) is 0 Å². The average Bonchev–Trinajstić information content (AvgIpc) is 3.17. The van der Waals surface area contributed by atoms with Gasteiger partial charge in [-0.15, -0.1) is 23.5 Å². The van der Waals surface area contributed by atoms with Crippen LogP contribution in [-0.2, 0) is 4.74 Å². The molecule has 4 heteroatoms. The second-order valence-electron chi connectivity index (χ2n) is 3.98. The van der Waals surface area contributed by atoms with Gasteiger partial charge in [-0.05, 0) is 12.1 Å². The number of hydrogen-bond acceptors (Lipinski definition) is 4. The Bertz CT molecular complexity index is 326. The summed E-state index contributed by atoms with van der Waals surface area (Å²) in [4.78, 5) is 2.87. The molecule has 0 bridgehead atoms. The van der Waals surface area contributed by atoms with Gasteiger partial charge in [-0.2, -0.15) is 11.8 Å². The van der Waals surface area contributed by atoms with Crippen LogP contribution in [0.25, 0.3) is 0 Å². The molecule has 2 aliphatic rings. The van der Waals surface area contributed by atoms with Crippen LogP contribution in [0.4, 0.5) is 0 Å². The number of epoxide rings is 1. The zero-order valence-corrected chi connectivity index (χ0v) is 11.4. The molecule has 2 atom stereocenters. The lowest BCUT2D eigenvalue weighted by atomic mass is 10.4. The largest absolute Gasteiger partial charge is 0.372 e. The molecule has 2 fully saturated rings. The van der Waals surface area contributed by atoms with Gasteiger partial charge in [0.2, 0.25) is 0 Å². The first-order chi connectivity index (χ1) is 7.92. The fourth-order valence-corrected chi connectivity index (χ4v) is 4.54. The van der Waals surface area contributed by atoms with Crippen molar-refractivity contribution in [1.82, 2.24) is 0 Å². The maximum Gasteiger partial charge on any atom is 0.0903 e. The van der Waals surface area contributed by atoms with Gasteiger partial charge in [0, 0.05) is 32.3 Å². The van der Waals surface area contributed by atoms with Gasteiger partial charge in [0.05, 0.1) is 12.7 Å². The Balaban J connectivity index is 1.58. The number of ether oxygens (including phenoxy) is 1. The summed E-state index contributed by atoms with van der Waals surface area (Å²) in [6.45, 7) is 0.959. The third-order valence-electron chi connectivity index (χ3n) is 2.50. The van der Waals surface area contributed by atoms with E-state index in [1.807, 2.05) is 23.5 Å². The van der Waals surface area contributed by atoms with Gasteiger partial charge < -0.3 is 4.74 Å². The molecule has 0 amide bonds. The predicted octanol–water partition coefficient (Wildman–Crippen LogP) is 3.39. The first kappa shape index (κ1) is 11.3. The summed E-state index contributed by atoms with van der Waals surface area (Å²) in [6.07, 6.45) is 0.516. The third kappa shape index (κ3) is 3.36. The van der Waals surface area contributed by atoms with E-state index in [1.54, 1.807) is 0 Å². The van der Waals surface area contributed by atoms with Crippen molar-refractivity contribution in [2.75, 3.05) is 23.9 Å². The molecule has 86 valence electrons. The van der Waals surface area contributed by atoms with Crippen LogP contribution < -0.4 is 0 Å². The van der Waals surface area contributed by atoms with Crippen molar-refractivity contribution in [1.29, 1.82) is 0 Å². The molecule has 0 saturated carbocycles. The van der Waals surface area contributed by atoms with Crippen molar-refractivity contribution >= 4 is 35.3 Å². The molecule has 1 aromatic carbocycles. The summed E-state index contributed by atoms with van der Waals surface area (Å²) < 4.78 is 5.25. The highest BCUT2D eigenvalue weighted by Crippen LogP contribution is 2.38. The molecular weight excluding hydrogens is 256 g/mol. The van der Waals surface area contributed by atoms with E-state index in [4.69, 9.17) is 4.74 Å². The van der Waals surface area contributed by atoms with E-state index in [0.29, 0.717) is 6.10 Å². The van der Waals surface area contributed by atoms with Crippen LogP contribution in [0.2, 0.25) is 0 Å². The molecule has 0 spiro atoms. The highest BCUT2D eigenvalue weighted by Gasteiger charge is 2.24. The van der Waals surface area contributed by atoms with Crippen LogP contribution >= 0.6 is 35.3 Å². The van der Waals surface area contributed by atoms with E-state index in [9.17, 15) is 0 Å². The van der Waals surface area contributed by atoms with E-state index in [0.717, 1.165) is 17.6 Å². The van der Waals surface area contributed by atoms with Gasteiger partial charge in [-0.1, -0.05) is 12.1 Å². The fourth-order valence-electron chi connectivity index (χ4n) is 1.38. The fraction of sp³-hybridized carbons (Fsp3) is 0.500. The van der Waals surface area contributed by atoms with Crippen molar-refractivity contribution in [2.45, 2.75) is 21.1 Å². The van der Waals surface area contributed by atoms with Crippen LogP contribution in [0.5, 0.6) is 0 Å². The van der Waals surface area contributed by atoms with Crippen LogP contribution in [0.1, 0.15) is 0 Å². The second kappa shape index (κ2) is 5.25. The minimum Gasteiger partial charge on any atom is -0.372 e. The molecule has 2 saturated heterocycles. The Morgan fingerprint density at radius 2 is 1.81 bits per heavy atom. The normalized spacial score (nSPS) is 26.8. The van der Waals surface area contributed by atoms with Gasteiger partial charge in [0.1, 0.15) is 0 Å². The van der Waals surface area contributed by atoms with Crippen molar-refractivity contribution < 1.29 is 4.74 Å². The van der Waals surface area contributed by atoms with Gasteiger partial charge in [0.25, 0.3) is 0 Å². The highest BCUT2D eigenvalue weighted by atomic mass is 32.2. The Kier molecular flexibility index (Phi) is 3.72. The molecule has 2 heterocycles. The maximum atomic E-state index is 5.25. The van der Waals surface area contributed by atoms with Crippen molar-refractivity contribution in [2.24, 2.45) is 0 Å². The number of rotatable bonds is 6. The lowest BCUT2D eigenvalue weighted by molar-refractivity contribution is 0.426. The number of thioether (sulfide) groups is 3. The lowest BCUT2D eigenvalue weighted by Gasteiger charge is -2.07. The molecule has 0 aliphatic carbocycles. The smallest absolute Gasteiger partial charge is 0.0903 e. The van der Waals surface area contributed by atoms with Crippen LogP contribution in [0.15, 0.2) is 34.1 Å². The van der Waals surface area contributed by atoms with E-state index in [-0.39, 0.29) is 0 Å². The van der Waals surface area contributed by atoms with Gasteiger partial charge >= 0.3 is 0 Å². The average molecular weight is 270 g/mol. The zero-order valence-electron chi connectivity index (χ0n) is 8.93. The van der Waals surface area contributed by atoms with Gasteiger partial charge in [-0.3, -0.25) is 0 Å². The molecule has 0 radical (unpaired) electrons. The van der Waals surface area contributed by atoms with Crippen LogP contribution in [0.3, 0.4) is 0 Å². The molecular formula is C12H14OS3. The Labute approximate surface area is 109 Å². The molecule has 16 heavy (non-hydrogen) atoms. The SMILES string of the molecule is c1ccc(SCC2CS2)c(SCC2CO2)c1. The molecule has 3 rings (SSSR count). The van der Waals surface area contributed by atoms with E-state index in [2.05, 4.69) is 36.0 Å². The highest BCUT2D eigenvalue weighted by molar-refractivity contribution is 8.09. The minimum atomic E-state index is 0.516. The van der Waals surface area contributed by atoms with E-state index < -0.39 is 0 Å². The van der Waals surface area contributed by atoms with Gasteiger partial charge in [0.15, 0.2) is 0 Å². The number of benzene rings is 1. The van der Waals surface area contributed by atoms with Crippen LogP contribution in [-0.4, -0.2) is 35.2 Å². The first-order valence-electron chi connectivity index (χ1n) is 5.49. The first-order valence-corrected chi connectivity index (χ1v) is 8.51. The quantitative estimate of drug-likeness (QED) is 0.580. The summed E-state index contributed by atoms with van der Waals surface area (Å²) in [5.74, 6) is 3.73. The molecule has 1 aromatic rings. The topological polar surface area (TPSA) is 12.5 Å². The van der Waals surface area contributed by atoms with Crippen molar-refractivity contribution in [3.8, 4) is 0 Å². The Morgan fingerprint density at radius 3 is 2.38 bits per heavy atom. The summed E-state index contributed by atoms with van der Waals surface area (Å²) in [5.41, 5.74) is 0. The lowest BCUT2D eigenvalue weighted by Crippen LogP contribution is -1.91. The summed E-state index contributed by atoms with van der Waals surface area (Å²) in [5, 5.41) is 0.912. The molecule has 2 unspecified atom stereocenters. The van der Waals surface area contributed by atoms with Crippen molar-refractivity contribution in [3.63, 3.8) is 0 Å². The third-order valence-corrected chi connectivity index (χ3v) is 6.26.